The number of hydrogen-bond acceptors (Lipinski definition) is 4. The van der Waals surface area contributed by atoms with Gasteiger partial charge in [0.1, 0.15) is 17.5 Å². The summed E-state index contributed by atoms with van der Waals surface area (Å²) in [6.07, 6.45) is 0.379. The van der Waals surface area contributed by atoms with Crippen LogP contribution in [0.5, 0.6) is 0 Å². The molecule has 0 atom stereocenters. The lowest BCUT2D eigenvalue weighted by Gasteiger charge is -2.20. The maximum Gasteiger partial charge on any atom is 0.346 e. The maximum absolute atomic E-state index is 13.8. The monoisotopic (exact) mass is 352 g/mol. The lowest BCUT2D eigenvalue weighted by atomic mass is 10.1. The Kier molecular flexibility index (Phi) is 4.93. The van der Waals surface area contributed by atoms with Gasteiger partial charge in [0.15, 0.2) is 0 Å². The van der Waals surface area contributed by atoms with Gasteiger partial charge in [0, 0.05) is 39.2 Å². The lowest BCUT2D eigenvalue weighted by molar-refractivity contribution is 0.0753. The van der Waals surface area contributed by atoms with E-state index in [1.165, 1.54) is 14.1 Å². The van der Waals surface area contributed by atoms with E-state index in [1.54, 1.807) is 7.11 Å². The van der Waals surface area contributed by atoms with E-state index < -0.39 is 17.5 Å². The van der Waals surface area contributed by atoms with Crippen LogP contribution in [0.15, 0.2) is 23.0 Å². The highest BCUT2D eigenvalue weighted by atomic mass is 19.1. The molecule has 0 saturated heterocycles. The molecular weight excluding hydrogens is 334 g/mol. The van der Waals surface area contributed by atoms with Crippen molar-refractivity contribution in [1.82, 2.24) is 19.2 Å². The summed E-state index contributed by atoms with van der Waals surface area (Å²) in [5, 5.41) is 4.27. The van der Waals surface area contributed by atoms with Gasteiger partial charge in [-0.15, -0.1) is 0 Å². The van der Waals surface area contributed by atoms with Crippen molar-refractivity contribution in [1.29, 1.82) is 0 Å². The summed E-state index contributed by atoms with van der Waals surface area (Å²) in [7, 11) is 1.55. The van der Waals surface area contributed by atoms with Crippen molar-refractivity contribution in [2.75, 3.05) is 26.8 Å². The lowest BCUT2D eigenvalue weighted by Crippen LogP contribution is -2.35. The summed E-state index contributed by atoms with van der Waals surface area (Å²) in [6.45, 7) is 1.56. The molecule has 9 heteroatoms. The van der Waals surface area contributed by atoms with Crippen LogP contribution in [0.1, 0.15) is 16.2 Å². The molecule has 2 aromatic rings. The van der Waals surface area contributed by atoms with E-state index in [0.717, 1.165) is 12.1 Å². The molecule has 0 radical (unpaired) electrons. The fourth-order valence-corrected chi connectivity index (χ4v) is 2.82. The highest BCUT2D eigenvalue weighted by Crippen LogP contribution is 2.14. The number of methoxy groups -OCH3 is 1. The second kappa shape index (κ2) is 7.14. The molecule has 0 unspecified atom stereocenters. The van der Waals surface area contributed by atoms with Crippen molar-refractivity contribution in [3.63, 3.8) is 0 Å². The number of hydrogen-bond donors (Lipinski definition) is 0. The molecule has 0 aliphatic carbocycles. The van der Waals surface area contributed by atoms with Gasteiger partial charge in [0.25, 0.3) is 5.91 Å². The first kappa shape index (κ1) is 17.3. The molecular formula is C16H18F2N4O3. The van der Waals surface area contributed by atoms with E-state index >= 15 is 0 Å². The number of halogens is 2. The Hall–Kier alpha value is -2.55. The molecule has 0 bridgehead atoms. The molecule has 0 N–H and O–H groups in total. The third-order valence-corrected chi connectivity index (χ3v) is 4.15. The molecule has 2 heterocycles. The first-order valence-corrected chi connectivity index (χ1v) is 7.91. The summed E-state index contributed by atoms with van der Waals surface area (Å²) in [5.41, 5.74) is -0.437. The summed E-state index contributed by atoms with van der Waals surface area (Å²) in [5.74, 6) is -1.57. The molecule has 1 aromatic carbocycles. The minimum atomic E-state index is -0.895. The number of carbonyl (C=O) groups excluding carboxylic acids is 1. The minimum Gasteiger partial charge on any atom is -0.383 e. The van der Waals surface area contributed by atoms with Gasteiger partial charge >= 0.3 is 5.69 Å². The van der Waals surface area contributed by atoms with Gasteiger partial charge in [0.2, 0.25) is 0 Å². The maximum atomic E-state index is 13.8. The Balaban J connectivity index is 1.76. The van der Waals surface area contributed by atoms with Crippen molar-refractivity contribution in [2.24, 2.45) is 0 Å². The Morgan fingerprint density at radius 3 is 2.80 bits per heavy atom. The summed E-state index contributed by atoms with van der Waals surface area (Å²) < 4.78 is 34.6. The molecule has 1 aromatic heterocycles. The fraction of sp³-hybridized carbons (Fsp3) is 0.438. The number of amides is 1. The average molecular weight is 352 g/mol. The summed E-state index contributed by atoms with van der Waals surface area (Å²) in [4.78, 5) is 26.2. The Morgan fingerprint density at radius 1 is 1.28 bits per heavy atom. The van der Waals surface area contributed by atoms with Gasteiger partial charge in [-0.2, -0.15) is 5.10 Å². The zero-order chi connectivity index (χ0) is 18.0. The number of carbonyl (C=O) groups is 1. The summed E-state index contributed by atoms with van der Waals surface area (Å²) >= 11 is 0. The van der Waals surface area contributed by atoms with Gasteiger partial charge in [-0.1, -0.05) is 0 Å². The van der Waals surface area contributed by atoms with Gasteiger partial charge in [0.05, 0.1) is 18.7 Å². The zero-order valence-corrected chi connectivity index (χ0v) is 13.7. The van der Waals surface area contributed by atoms with Gasteiger partial charge in [-0.3, -0.25) is 9.36 Å². The first-order chi connectivity index (χ1) is 12.0. The van der Waals surface area contributed by atoms with Crippen molar-refractivity contribution < 1.29 is 18.3 Å². The van der Waals surface area contributed by atoms with Crippen LogP contribution in [0.25, 0.3) is 0 Å². The average Bonchev–Trinajstić information content (AvgIpc) is 2.75. The number of rotatable bonds is 4. The zero-order valence-electron chi connectivity index (χ0n) is 13.7. The quantitative estimate of drug-likeness (QED) is 0.811. The number of fused-ring (bicyclic) bond motifs is 1. The SMILES string of the molecule is COCCn1nc2n(c1=O)CCN(C(=O)c1ccc(F)cc1F)CC2. The van der Waals surface area contributed by atoms with Crippen LogP contribution in [0.4, 0.5) is 8.78 Å². The largest absolute Gasteiger partial charge is 0.383 e. The molecule has 0 spiro atoms. The van der Waals surface area contributed by atoms with Crippen LogP contribution < -0.4 is 5.69 Å². The topological polar surface area (TPSA) is 69.4 Å². The molecule has 1 aliphatic rings. The number of benzene rings is 1. The standard InChI is InChI=1S/C16H18F2N4O3/c1-25-9-8-22-16(24)21-7-6-20(5-4-14(21)19-22)15(23)12-3-2-11(17)10-13(12)18/h2-3,10H,4-9H2,1H3. The van der Waals surface area contributed by atoms with Gasteiger partial charge in [-0.05, 0) is 12.1 Å². The fourth-order valence-electron chi connectivity index (χ4n) is 2.82. The van der Waals surface area contributed by atoms with Crippen LogP contribution in [0.3, 0.4) is 0 Å². The predicted molar refractivity (Wildman–Crippen MR) is 84.3 cm³/mol. The van der Waals surface area contributed by atoms with Crippen molar-refractivity contribution in [2.45, 2.75) is 19.5 Å². The molecule has 3 rings (SSSR count). The van der Waals surface area contributed by atoms with Crippen LogP contribution in [0, 0.1) is 11.6 Å². The minimum absolute atomic E-state index is 0.182. The molecule has 0 fully saturated rings. The van der Waals surface area contributed by atoms with Crippen LogP contribution in [-0.2, 0) is 24.2 Å². The normalized spacial score (nSPS) is 14.3. The third-order valence-electron chi connectivity index (χ3n) is 4.15. The highest BCUT2D eigenvalue weighted by Gasteiger charge is 2.24. The molecule has 1 aliphatic heterocycles. The molecule has 7 nitrogen and oxygen atoms in total. The first-order valence-electron chi connectivity index (χ1n) is 7.91. The Morgan fingerprint density at radius 2 is 2.08 bits per heavy atom. The number of ether oxygens (including phenoxy) is 1. The molecule has 134 valence electrons. The van der Waals surface area contributed by atoms with Crippen molar-refractivity contribution in [3.8, 4) is 0 Å². The van der Waals surface area contributed by atoms with Crippen molar-refractivity contribution >= 4 is 5.91 Å². The smallest absolute Gasteiger partial charge is 0.346 e. The number of aromatic nitrogens is 3. The van der Waals surface area contributed by atoms with E-state index in [1.807, 2.05) is 0 Å². The van der Waals surface area contributed by atoms with Gasteiger partial charge < -0.3 is 9.64 Å². The van der Waals surface area contributed by atoms with E-state index in [2.05, 4.69) is 5.10 Å². The molecule has 0 saturated carbocycles. The van der Waals surface area contributed by atoms with E-state index in [9.17, 15) is 18.4 Å². The molecule has 1 amide bonds. The van der Waals surface area contributed by atoms with E-state index in [0.29, 0.717) is 38.0 Å². The number of nitrogens with zero attached hydrogens (tertiary/aromatic N) is 4. The van der Waals surface area contributed by atoms with Crippen molar-refractivity contribution in [3.05, 3.63) is 51.7 Å². The second-order valence-corrected chi connectivity index (χ2v) is 5.73. The van der Waals surface area contributed by atoms with Crippen LogP contribution in [0.2, 0.25) is 0 Å². The highest BCUT2D eigenvalue weighted by molar-refractivity contribution is 5.94. The van der Waals surface area contributed by atoms with E-state index in [-0.39, 0.29) is 24.3 Å². The van der Waals surface area contributed by atoms with Gasteiger partial charge in [-0.25, -0.2) is 18.3 Å². The van der Waals surface area contributed by atoms with Crippen LogP contribution >= 0.6 is 0 Å². The second-order valence-electron chi connectivity index (χ2n) is 5.73. The third kappa shape index (κ3) is 3.46. The molecule has 25 heavy (non-hydrogen) atoms. The predicted octanol–water partition coefficient (Wildman–Crippen LogP) is 0.668. The summed E-state index contributed by atoms with van der Waals surface area (Å²) in [6, 6.07) is 2.87. The van der Waals surface area contributed by atoms with E-state index in [4.69, 9.17) is 4.74 Å². The Bertz CT molecular complexity index is 846. The Labute approximate surface area is 142 Å². The van der Waals surface area contributed by atoms with Crippen LogP contribution in [-0.4, -0.2) is 52.0 Å².